The number of nitrogens with one attached hydrogen (secondary N) is 1. The third kappa shape index (κ3) is 3.64. The topological polar surface area (TPSA) is 67.3 Å². The van der Waals surface area contributed by atoms with Crippen LogP contribution in [0.25, 0.3) is 0 Å². The zero-order chi connectivity index (χ0) is 13.7. The van der Waals surface area contributed by atoms with Gasteiger partial charge < -0.3 is 15.0 Å². The number of nitrogens with zero attached hydrogens (tertiary/aromatic N) is 3. The van der Waals surface area contributed by atoms with Gasteiger partial charge in [0, 0.05) is 32.4 Å². The largest absolute Gasteiger partial charge is 0.383 e. The number of rotatable bonds is 5. The van der Waals surface area contributed by atoms with Gasteiger partial charge in [0.15, 0.2) is 0 Å². The van der Waals surface area contributed by atoms with Gasteiger partial charge in [-0.15, -0.1) is 0 Å². The highest BCUT2D eigenvalue weighted by atomic mass is 16.5. The predicted molar refractivity (Wildman–Crippen MR) is 72.4 cm³/mol. The van der Waals surface area contributed by atoms with Gasteiger partial charge in [-0.05, 0) is 25.8 Å². The molecule has 0 aliphatic carbocycles. The van der Waals surface area contributed by atoms with Crippen LogP contribution in [0.3, 0.4) is 0 Å². The van der Waals surface area contributed by atoms with E-state index in [1.807, 2.05) is 6.92 Å². The minimum Gasteiger partial charge on any atom is -0.383 e. The molecular formula is C13H20N4O2. The highest BCUT2D eigenvalue weighted by Gasteiger charge is 2.17. The van der Waals surface area contributed by atoms with E-state index in [9.17, 15) is 4.79 Å². The summed E-state index contributed by atoms with van der Waals surface area (Å²) in [5.74, 6) is 0.484. The van der Waals surface area contributed by atoms with Crippen molar-refractivity contribution in [2.75, 3.05) is 38.3 Å². The molecule has 0 spiro atoms. The smallest absolute Gasteiger partial charge is 0.270 e. The summed E-state index contributed by atoms with van der Waals surface area (Å²) in [6, 6.07) is 1.71. The fourth-order valence-corrected chi connectivity index (χ4v) is 2.08. The van der Waals surface area contributed by atoms with Crippen LogP contribution in [0.1, 0.15) is 29.0 Å². The zero-order valence-electron chi connectivity index (χ0n) is 11.5. The molecule has 0 unspecified atom stereocenters. The molecule has 1 aromatic rings. The van der Waals surface area contributed by atoms with Crippen molar-refractivity contribution in [2.24, 2.45) is 0 Å². The maximum atomic E-state index is 12.0. The van der Waals surface area contributed by atoms with Crippen molar-refractivity contribution < 1.29 is 9.53 Å². The number of carbonyl (C=O) groups excluding carboxylic acids is 1. The van der Waals surface area contributed by atoms with Gasteiger partial charge in [-0.1, -0.05) is 0 Å². The Balaban J connectivity index is 2.09. The zero-order valence-corrected chi connectivity index (χ0v) is 11.5. The molecule has 1 aliphatic rings. The lowest BCUT2D eigenvalue weighted by atomic mass is 10.3. The first-order valence-corrected chi connectivity index (χ1v) is 6.58. The van der Waals surface area contributed by atoms with Crippen LogP contribution in [-0.2, 0) is 4.74 Å². The number of methoxy groups -OCH3 is 1. The Hall–Kier alpha value is -1.69. The van der Waals surface area contributed by atoms with Crippen LogP contribution in [0.2, 0.25) is 0 Å². The van der Waals surface area contributed by atoms with Gasteiger partial charge in [0.2, 0.25) is 5.95 Å². The number of aryl methyl sites for hydroxylation is 1. The second-order valence-electron chi connectivity index (χ2n) is 4.64. The molecule has 1 N–H and O–H groups in total. The van der Waals surface area contributed by atoms with Gasteiger partial charge >= 0.3 is 0 Å². The fraction of sp³-hybridized carbons (Fsp3) is 0.615. The van der Waals surface area contributed by atoms with E-state index in [4.69, 9.17) is 4.74 Å². The number of ether oxygens (including phenoxy) is 1. The van der Waals surface area contributed by atoms with Gasteiger partial charge in [-0.2, -0.15) is 0 Å². The number of hydrogen-bond acceptors (Lipinski definition) is 5. The van der Waals surface area contributed by atoms with Crippen molar-refractivity contribution in [2.45, 2.75) is 19.8 Å². The first kappa shape index (κ1) is 13.7. The lowest BCUT2D eigenvalue weighted by Gasteiger charge is -2.16. The van der Waals surface area contributed by atoms with Gasteiger partial charge in [0.1, 0.15) is 5.69 Å². The SMILES string of the molecule is COCCNC(=O)c1cc(C)nc(N2CCCC2)n1. The third-order valence-electron chi connectivity index (χ3n) is 3.06. The van der Waals surface area contributed by atoms with Gasteiger partial charge in [0.25, 0.3) is 5.91 Å². The molecule has 2 rings (SSSR count). The van der Waals surface area contributed by atoms with Crippen LogP contribution in [-0.4, -0.2) is 49.2 Å². The van der Waals surface area contributed by atoms with Crippen molar-refractivity contribution in [3.63, 3.8) is 0 Å². The van der Waals surface area contributed by atoms with Crippen molar-refractivity contribution in [3.8, 4) is 0 Å². The standard InChI is InChI=1S/C13H20N4O2/c1-10-9-11(12(18)14-5-8-19-2)16-13(15-10)17-6-3-4-7-17/h9H,3-8H2,1-2H3,(H,14,18). The first-order valence-electron chi connectivity index (χ1n) is 6.58. The molecule has 2 heterocycles. The summed E-state index contributed by atoms with van der Waals surface area (Å²) in [4.78, 5) is 22.8. The highest BCUT2D eigenvalue weighted by Crippen LogP contribution is 2.16. The van der Waals surface area contributed by atoms with Crippen LogP contribution in [0.4, 0.5) is 5.95 Å². The van der Waals surface area contributed by atoms with Crippen molar-refractivity contribution >= 4 is 11.9 Å². The van der Waals surface area contributed by atoms with E-state index in [0.717, 1.165) is 31.6 Å². The van der Waals surface area contributed by atoms with Crippen LogP contribution >= 0.6 is 0 Å². The summed E-state index contributed by atoms with van der Waals surface area (Å²) in [5.41, 5.74) is 1.24. The van der Waals surface area contributed by atoms with Crippen LogP contribution in [0, 0.1) is 6.92 Å². The number of aromatic nitrogens is 2. The number of amides is 1. The van der Waals surface area contributed by atoms with Gasteiger partial charge in [-0.3, -0.25) is 4.79 Å². The van der Waals surface area contributed by atoms with E-state index < -0.39 is 0 Å². The molecule has 0 atom stereocenters. The highest BCUT2D eigenvalue weighted by molar-refractivity contribution is 5.92. The Morgan fingerprint density at radius 3 is 2.84 bits per heavy atom. The third-order valence-corrected chi connectivity index (χ3v) is 3.06. The number of anilines is 1. The van der Waals surface area contributed by atoms with Gasteiger partial charge in [0.05, 0.1) is 6.61 Å². The molecule has 104 valence electrons. The molecule has 6 heteroatoms. The summed E-state index contributed by atoms with van der Waals surface area (Å²) in [5, 5.41) is 2.77. The summed E-state index contributed by atoms with van der Waals surface area (Å²) in [7, 11) is 1.60. The summed E-state index contributed by atoms with van der Waals surface area (Å²) in [6.45, 7) is 4.79. The molecule has 1 aromatic heterocycles. The number of carbonyl (C=O) groups is 1. The lowest BCUT2D eigenvalue weighted by Crippen LogP contribution is -2.29. The molecule has 1 aliphatic heterocycles. The van der Waals surface area contributed by atoms with E-state index in [2.05, 4.69) is 20.2 Å². The Kier molecular flexibility index (Phi) is 4.68. The second kappa shape index (κ2) is 6.47. The van der Waals surface area contributed by atoms with Crippen molar-refractivity contribution in [1.82, 2.24) is 15.3 Å². The van der Waals surface area contributed by atoms with Crippen LogP contribution < -0.4 is 10.2 Å². The predicted octanol–water partition coefficient (Wildman–Crippen LogP) is 0.761. The maximum absolute atomic E-state index is 12.0. The monoisotopic (exact) mass is 264 g/mol. The van der Waals surface area contributed by atoms with E-state index in [1.54, 1.807) is 13.2 Å². The fourth-order valence-electron chi connectivity index (χ4n) is 2.08. The maximum Gasteiger partial charge on any atom is 0.270 e. The normalized spacial score (nSPS) is 14.7. The Morgan fingerprint density at radius 1 is 1.42 bits per heavy atom. The minimum atomic E-state index is -0.178. The summed E-state index contributed by atoms with van der Waals surface area (Å²) >= 11 is 0. The molecule has 6 nitrogen and oxygen atoms in total. The van der Waals surface area contributed by atoms with E-state index in [-0.39, 0.29) is 5.91 Å². The lowest BCUT2D eigenvalue weighted by molar-refractivity contribution is 0.0932. The molecule has 1 amide bonds. The minimum absolute atomic E-state index is 0.178. The van der Waals surface area contributed by atoms with Crippen molar-refractivity contribution in [3.05, 3.63) is 17.5 Å². The van der Waals surface area contributed by atoms with E-state index in [0.29, 0.717) is 24.8 Å². The van der Waals surface area contributed by atoms with E-state index in [1.165, 1.54) is 0 Å². The van der Waals surface area contributed by atoms with E-state index >= 15 is 0 Å². The average Bonchev–Trinajstić information content (AvgIpc) is 2.92. The summed E-state index contributed by atoms with van der Waals surface area (Å²) < 4.78 is 4.90. The number of hydrogen-bond donors (Lipinski definition) is 1. The van der Waals surface area contributed by atoms with Crippen molar-refractivity contribution in [1.29, 1.82) is 0 Å². The molecule has 19 heavy (non-hydrogen) atoms. The first-order chi connectivity index (χ1) is 9.20. The quantitative estimate of drug-likeness (QED) is 0.795. The molecule has 0 saturated carbocycles. The Morgan fingerprint density at radius 2 is 2.16 bits per heavy atom. The summed E-state index contributed by atoms with van der Waals surface area (Å²) in [6.07, 6.45) is 2.32. The second-order valence-corrected chi connectivity index (χ2v) is 4.64. The molecule has 1 saturated heterocycles. The Bertz CT molecular complexity index is 444. The van der Waals surface area contributed by atoms with Gasteiger partial charge in [-0.25, -0.2) is 9.97 Å². The van der Waals surface area contributed by atoms with Crippen LogP contribution in [0.15, 0.2) is 6.07 Å². The van der Waals surface area contributed by atoms with Crippen LogP contribution in [0.5, 0.6) is 0 Å². The molecular weight excluding hydrogens is 244 g/mol. The molecule has 0 aromatic carbocycles. The molecule has 0 radical (unpaired) electrons. The molecule has 0 bridgehead atoms. The average molecular weight is 264 g/mol. The molecule has 1 fully saturated rings. The Labute approximate surface area is 113 Å².